The number of benzene rings is 1. The van der Waals surface area contributed by atoms with Crippen molar-refractivity contribution in [2.24, 2.45) is 11.8 Å². The fraction of sp³-hybridized carbons (Fsp3) is 0.538. The molecule has 0 unspecified atom stereocenters. The number of H-pyrrole nitrogens is 1. The van der Waals surface area contributed by atoms with Gasteiger partial charge in [-0.25, -0.2) is 0 Å². The molecule has 172 valence electrons. The van der Waals surface area contributed by atoms with E-state index in [2.05, 4.69) is 16.4 Å². The third kappa shape index (κ3) is 5.17. The fourth-order valence-electron chi connectivity index (χ4n) is 4.97. The summed E-state index contributed by atoms with van der Waals surface area (Å²) in [6.45, 7) is 4.14. The van der Waals surface area contributed by atoms with E-state index in [-0.39, 0.29) is 17.7 Å². The largest absolute Gasteiger partial charge is 0.497 e. The number of piperidine rings is 1. The number of allylic oxidation sites excluding steroid dienone is 1. The van der Waals surface area contributed by atoms with Crippen LogP contribution in [0.15, 0.2) is 35.9 Å². The molecule has 1 fully saturated rings. The molecule has 1 aromatic carbocycles. The number of hydrogen-bond acceptors (Lipinski definition) is 3. The van der Waals surface area contributed by atoms with Gasteiger partial charge in [-0.3, -0.25) is 9.59 Å². The first-order valence-electron chi connectivity index (χ1n) is 12.0. The zero-order valence-electron chi connectivity index (χ0n) is 19.3. The number of amides is 2. The van der Waals surface area contributed by atoms with Gasteiger partial charge < -0.3 is 19.9 Å². The van der Waals surface area contributed by atoms with Crippen molar-refractivity contribution in [1.29, 1.82) is 0 Å². The van der Waals surface area contributed by atoms with Gasteiger partial charge in [0.1, 0.15) is 11.4 Å². The monoisotopic (exact) mass is 437 g/mol. The van der Waals surface area contributed by atoms with Crippen LogP contribution in [0.3, 0.4) is 0 Å². The summed E-state index contributed by atoms with van der Waals surface area (Å²) >= 11 is 0. The lowest BCUT2D eigenvalue weighted by molar-refractivity contribution is -0.126. The maximum absolute atomic E-state index is 13.0. The van der Waals surface area contributed by atoms with E-state index in [0.717, 1.165) is 42.5 Å². The van der Waals surface area contributed by atoms with Gasteiger partial charge in [0.25, 0.3) is 5.91 Å². The van der Waals surface area contributed by atoms with Crippen molar-refractivity contribution >= 4 is 22.7 Å². The van der Waals surface area contributed by atoms with E-state index >= 15 is 0 Å². The summed E-state index contributed by atoms with van der Waals surface area (Å²) in [5.74, 6) is 1.24. The lowest BCUT2D eigenvalue weighted by atomic mass is 9.84. The molecule has 0 saturated carbocycles. The fourth-order valence-corrected chi connectivity index (χ4v) is 4.97. The van der Waals surface area contributed by atoms with Crippen molar-refractivity contribution < 1.29 is 14.3 Å². The van der Waals surface area contributed by atoms with Crippen LogP contribution in [0.2, 0.25) is 0 Å². The highest BCUT2D eigenvalue weighted by Crippen LogP contribution is 2.27. The molecule has 6 heteroatoms. The molecule has 2 aromatic rings. The first-order valence-corrected chi connectivity index (χ1v) is 12.0. The number of likely N-dealkylation sites (tertiary alicyclic amines) is 1. The topological polar surface area (TPSA) is 74.4 Å². The molecule has 1 saturated heterocycles. The highest BCUT2D eigenvalue weighted by atomic mass is 16.5. The number of hydrogen-bond donors (Lipinski definition) is 2. The summed E-state index contributed by atoms with van der Waals surface area (Å²) in [7, 11) is 1.63. The summed E-state index contributed by atoms with van der Waals surface area (Å²) in [5.41, 5.74) is 3.00. The standard InChI is InChI=1S/C26H35N3O3/c1-18(25(30)27-13-10-19-6-4-3-5-7-19)20-11-14-29(15-12-20)26(31)24-16-21-8-9-22(32-2)17-23(21)28-24/h6,8-9,16-18,20,28H,3-5,7,10-15H2,1-2H3,(H,27,30)/t18-/m1/s1. The number of fused-ring (bicyclic) bond motifs is 1. The molecule has 0 radical (unpaired) electrons. The third-order valence-corrected chi connectivity index (χ3v) is 7.14. The van der Waals surface area contributed by atoms with Crippen LogP contribution in [0.5, 0.6) is 5.75 Å². The predicted octanol–water partition coefficient (Wildman–Crippen LogP) is 4.67. The van der Waals surface area contributed by atoms with Crippen LogP contribution >= 0.6 is 0 Å². The van der Waals surface area contributed by atoms with E-state index in [0.29, 0.717) is 24.7 Å². The SMILES string of the molecule is COc1ccc2cc(C(=O)N3CCC([C@@H](C)C(=O)NCCC4=CCCCC4)CC3)[nH]c2c1. The van der Waals surface area contributed by atoms with Gasteiger partial charge >= 0.3 is 0 Å². The minimum Gasteiger partial charge on any atom is -0.497 e. The van der Waals surface area contributed by atoms with E-state index in [4.69, 9.17) is 4.74 Å². The molecule has 0 bridgehead atoms. The number of carbonyl (C=O) groups excluding carboxylic acids is 2. The smallest absolute Gasteiger partial charge is 0.270 e. The Bertz CT molecular complexity index is 985. The van der Waals surface area contributed by atoms with Gasteiger partial charge in [0.2, 0.25) is 5.91 Å². The van der Waals surface area contributed by atoms with E-state index in [1.807, 2.05) is 36.1 Å². The van der Waals surface area contributed by atoms with Crippen molar-refractivity contribution in [3.8, 4) is 5.75 Å². The maximum Gasteiger partial charge on any atom is 0.270 e. The average molecular weight is 438 g/mol. The Morgan fingerprint density at radius 2 is 2.03 bits per heavy atom. The highest BCUT2D eigenvalue weighted by molar-refractivity contribution is 5.98. The summed E-state index contributed by atoms with van der Waals surface area (Å²) in [5, 5.41) is 4.13. The van der Waals surface area contributed by atoms with Crippen molar-refractivity contribution in [1.82, 2.24) is 15.2 Å². The van der Waals surface area contributed by atoms with Crippen molar-refractivity contribution in [3.05, 3.63) is 41.6 Å². The number of aromatic nitrogens is 1. The van der Waals surface area contributed by atoms with E-state index in [9.17, 15) is 9.59 Å². The van der Waals surface area contributed by atoms with E-state index < -0.39 is 0 Å². The molecule has 2 aliphatic rings. The van der Waals surface area contributed by atoms with Gasteiger partial charge in [0.15, 0.2) is 0 Å². The number of ether oxygens (including phenoxy) is 1. The second-order valence-corrected chi connectivity index (χ2v) is 9.20. The summed E-state index contributed by atoms with van der Waals surface area (Å²) in [4.78, 5) is 30.8. The number of nitrogens with zero attached hydrogens (tertiary/aromatic N) is 1. The molecular formula is C26H35N3O3. The molecule has 2 N–H and O–H groups in total. The first-order chi connectivity index (χ1) is 15.5. The minimum atomic E-state index is -0.0203. The lowest BCUT2D eigenvalue weighted by Crippen LogP contribution is -2.43. The van der Waals surface area contributed by atoms with Crippen LogP contribution in [-0.4, -0.2) is 48.4 Å². The lowest BCUT2D eigenvalue weighted by Gasteiger charge is -2.34. The van der Waals surface area contributed by atoms with Gasteiger partial charge in [-0.2, -0.15) is 0 Å². The Balaban J connectivity index is 1.26. The van der Waals surface area contributed by atoms with Crippen LogP contribution < -0.4 is 10.1 Å². The molecule has 2 amide bonds. The van der Waals surface area contributed by atoms with Gasteiger partial charge in [0, 0.05) is 42.5 Å². The molecule has 1 aliphatic carbocycles. The molecular weight excluding hydrogens is 402 g/mol. The van der Waals surface area contributed by atoms with E-state index in [1.165, 1.54) is 31.3 Å². The van der Waals surface area contributed by atoms with Crippen molar-refractivity contribution in [3.63, 3.8) is 0 Å². The van der Waals surface area contributed by atoms with E-state index in [1.54, 1.807) is 7.11 Å². The van der Waals surface area contributed by atoms with Gasteiger partial charge in [-0.15, -0.1) is 0 Å². The maximum atomic E-state index is 13.0. The number of methoxy groups -OCH3 is 1. The normalized spacial score (nSPS) is 18.3. The molecule has 1 atom stereocenters. The molecule has 4 rings (SSSR count). The van der Waals surface area contributed by atoms with Crippen LogP contribution in [0.25, 0.3) is 10.9 Å². The molecule has 1 aromatic heterocycles. The zero-order chi connectivity index (χ0) is 22.5. The summed E-state index contributed by atoms with van der Waals surface area (Å²) in [6.07, 6.45) is 9.98. The molecule has 6 nitrogen and oxygen atoms in total. The Hall–Kier alpha value is -2.76. The first kappa shape index (κ1) is 22.4. The Morgan fingerprint density at radius 3 is 2.75 bits per heavy atom. The number of aromatic amines is 1. The van der Waals surface area contributed by atoms with Gasteiger partial charge in [-0.1, -0.05) is 18.6 Å². The Morgan fingerprint density at radius 1 is 1.22 bits per heavy atom. The number of carbonyl (C=O) groups is 2. The molecule has 2 heterocycles. The Kier molecular flexibility index (Phi) is 7.18. The predicted molar refractivity (Wildman–Crippen MR) is 127 cm³/mol. The van der Waals surface area contributed by atoms with Crippen molar-refractivity contribution in [2.45, 2.75) is 51.9 Å². The van der Waals surface area contributed by atoms with Crippen LogP contribution in [0.4, 0.5) is 0 Å². The molecule has 0 spiro atoms. The molecule has 32 heavy (non-hydrogen) atoms. The summed E-state index contributed by atoms with van der Waals surface area (Å²) < 4.78 is 5.27. The minimum absolute atomic E-state index is 0.0203. The van der Waals surface area contributed by atoms with Crippen LogP contribution in [-0.2, 0) is 4.79 Å². The van der Waals surface area contributed by atoms with Crippen molar-refractivity contribution in [2.75, 3.05) is 26.7 Å². The second kappa shape index (κ2) is 10.2. The quantitative estimate of drug-likeness (QED) is 0.618. The van der Waals surface area contributed by atoms with Crippen LogP contribution in [0, 0.1) is 11.8 Å². The Labute approximate surface area is 190 Å². The number of nitrogens with one attached hydrogen (secondary N) is 2. The number of rotatable bonds is 7. The highest BCUT2D eigenvalue weighted by Gasteiger charge is 2.30. The van der Waals surface area contributed by atoms with Gasteiger partial charge in [0.05, 0.1) is 7.11 Å². The zero-order valence-corrected chi connectivity index (χ0v) is 19.3. The van der Waals surface area contributed by atoms with Gasteiger partial charge in [-0.05, 0) is 69.1 Å². The summed E-state index contributed by atoms with van der Waals surface area (Å²) in [6, 6.07) is 7.66. The third-order valence-electron chi connectivity index (χ3n) is 7.14. The second-order valence-electron chi connectivity index (χ2n) is 9.20. The average Bonchev–Trinajstić information content (AvgIpc) is 3.27. The molecule has 1 aliphatic heterocycles. The van der Waals surface area contributed by atoms with Crippen LogP contribution in [0.1, 0.15) is 62.4 Å².